The van der Waals surface area contributed by atoms with Crippen LogP contribution in [0.5, 0.6) is 0 Å². The van der Waals surface area contributed by atoms with Gasteiger partial charge in [0.05, 0.1) is 0 Å². The van der Waals surface area contributed by atoms with Crippen molar-refractivity contribution in [3.8, 4) is 0 Å². The Balaban J connectivity index is -0.0000000248. The van der Waals surface area contributed by atoms with Gasteiger partial charge in [-0.25, -0.2) is 0 Å². The van der Waals surface area contributed by atoms with Gasteiger partial charge in [-0.15, -0.1) is 0 Å². The molecular formula is C12H16Na4O12Zr. The summed E-state index contributed by atoms with van der Waals surface area (Å²) in [6, 6.07) is 0. The molecule has 29 heavy (non-hydrogen) atoms. The number of hydrogen-bond donors (Lipinski definition) is 0. The van der Waals surface area contributed by atoms with Gasteiger partial charge in [0.15, 0.2) is 0 Å². The van der Waals surface area contributed by atoms with Crippen LogP contribution in [0, 0.1) is 0 Å². The van der Waals surface area contributed by atoms with Crippen molar-refractivity contribution < 1.29 is 204 Å². The van der Waals surface area contributed by atoms with Crippen LogP contribution < -0.4 is 159 Å². The molecule has 17 heteroatoms. The van der Waals surface area contributed by atoms with Gasteiger partial charge in [-0.2, -0.15) is 0 Å². The Hall–Kier alpha value is 2.60. The average molecular weight is 535 g/mol. The van der Waals surface area contributed by atoms with Crippen molar-refractivity contribution in [2.24, 2.45) is 0 Å². The van der Waals surface area contributed by atoms with Crippen LogP contribution >= 0.6 is 0 Å². The first-order valence-electron chi connectivity index (χ1n) is 6.04. The summed E-state index contributed by atoms with van der Waals surface area (Å²) in [6.45, 7) is 4.09. The van der Waals surface area contributed by atoms with Crippen molar-refractivity contribution in [2.45, 2.75) is 52.1 Å². The van der Waals surface area contributed by atoms with E-state index in [9.17, 15) is 60.0 Å². The Bertz CT molecular complexity index is 323. The van der Waals surface area contributed by atoms with Crippen LogP contribution in [0.25, 0.3) is 0 Å². The van der Waals surface area contributed by atoms with E-state index in [0.717, 1.165) is 27.7 Å². The maximum atomic E-state index is 9.56. The Kier molecular flexibility index (Phi) is 75.7. The van der Waals surface area contributed by atoms with E-state index in [1.165, 1.54) is 0 Å². The Morgan fingerprint density at radius 1 is 0.448 bits per heavy atom. The van der Waals surface area contributed by atoms with Gasteiger partial charge in [0.1, 0.15) is 0 Å². The standard InChI is InChI=1S/4C3H5O3.4Na.Zr/c4*1-2(4)3(5)6;;;;;/h4*2H,1H3,(H,5,6);;;;;/q4*-1;4*+1;+4/p-4/t4*2-;;;;;/m1111...../s1. The first kappa shape index (κ1) is 57.9. The summed E-state index contributed by atoms with van der Waals surface area (Å²) in [6.07, 6.45) is -6.37. The Morgan fingerprint density at radius 3 is 0.483 bits per heavy atom. The quantitative estimate of drug-likeness (QED) is 0.304. The van der Waals surface area contributed by atoms with Gasteiger partial charge in [0.2, 0.25) is 0 Å². The van der Waals surface area contributed by atoms with Crippen LogP contribution in [0.15, 0.2) is 0 Å². The zero-order valence-electron chi connectivity index (χ0n) is 17.7. The molecule has 0 aliphatic rings. The molecule has 0 heterocycles. The van der Waals surface area contributed by atoms with E-state index in [1.54, 1.807) is 0 Å². The Labute approximate surface area is 276 Å². The summed E-state index contributed by atoms with van der Waals surface area (Å²) in [5, 5.41) is 75.4. The zero-order chi connectivity index (χ0) is 20.6. The van der Waals surface area contributed by atoms with Crippen molar-refractivity contribution in [3.05, 3.63) is 0 Å². The molecule has 0 bridgehead atoms. The summed E-state index contributed by atoms with van der Waals surface area (Å²) in [5.74, 6) is -6.19. The smallest absolute Gasteiger partial charge is 0.848 e. The van der Waals surface area contributed by atoms with Gasteiger partial charge >= 0.3 is 144 Å². The molecule has 0 spiro atoms. The van der Waals surface area contributed by atoms with Gasteiger partial charge in [-0.05, 0) is 0 Å². The molecule has 0 saturated heterocycles. The first-order chi connectivity index (χ1) is 10.6. The van der Waals surface area contributed by atoms with Crippen molar-refractivity contribution in [1.82, 2.24) is 0 Å². The summed E-state index contributed by atoms with van der Waals surface area (Å²) in [7, 11) is 0. The van der Waals surface area contributed by atoms with Gasteiger partial charge in [0.25, 0.3) is 0 Å². The van der Waals surface area contributed by atoms with Gasteiger partial charge in [0, 0.05) is 23.9 Å². The predicted octanol–water partition coefficient (Wildman–Crippen LogP) is -22.0. The van der Waals surface area contributed by atoms with Crippen molar-refractivity contribution in [1.29, 1.82) is 0 Å². The number of carboxylic acids is 4. The molecule has 0 unspecified atom stereocenters. The molecule has 0 N–H and O–H groups in total. The van der Waals surface area contributed by atoms with Gasteiger partial charge < -0.3 is 60.0 Å². The van der Waals surface area contributed by atoms with Crippen LogP contribution in [-0.2, 0) is 45.4 Å². The summed E-state index contributed by atoms with van der Waals surface area (Å²) >= 11 is 0. The zero-order valence-corrected chi connectivity index (χ0v) is 28.2. The largest absolute Gasteiger partial charge is 4.00 e. The summed E-state index contributed by atoms with van der Waals surface area (Å²) < 4.78 is 0. The maximum absolute atomic E-state index is 9.56. The number of rotatable bonds is 4. The SMILES string of the molecule is C[C@@H]([O-])C(=O)[O-].C[C@@H]([O-])C(=O)[O-].C[C@@H]([O-])C(=O)[O-].C[C@@H]([O-])C(=O)[O-].[Na+].[Na+].[Na+].[Na+].[Zr+4]. The molecule has 0 aliphatic carbocycles. The Morgan fingerprint density at radius 2 is 0.483 bits per heavy atom. The van der Waals surface area contributed by atoms with E-state index in [2.05, 4.69) is 0 Å². The van der Waals surface area contributed by atoms with Crippen LogP contribution in [0.1, 0.15) is 27.7 Å². The second-order valence-electron chi connectivity index (χ2n) is 3.85. The van der Waals surface area contributed by atoms with Crippen LogP contribution in [0.4, 0.5) is 0 Å². The molecule has 0 fully saturated rings. The first-order valence-corrected chi connectivity index (χ1v) is 6.04. The van der Waals surface area contributed by atoms with E-state index >= 15 is 0 Å². The predicted molar refractivity (Wildman–Crippen MR) is 57.9 cm³/mol. The number of aliphatic carboxylic acids is 4. The second-order valence-corrected chi connectivity index (χ2v) is 3.85. The monoisotopic (exact) mass is 534 g/mol. The molecule has 0 aromatic carbocycles. The van der Waals surface area contributed by atoms with E-state index in [0.29, 0.717) is 0 Å². The molecule has 0 saturated carbocycles. The fraction of sp³-hybridized carbons (Fsp3) is 0.667. The second kappa shape index (κ2) is 37.9. The third kappa shape index (κ3) is 72.3. The fourth-order valence-corrected chi connectivity index (χ4v) is 0. The molecule has 0 aliphatic heterocycles. The van der Waals surface area contributed by atoms with E-state index in [4.69, 9.17) is 0 Å². The summed E-state index contributed by atoms with van der Waals surface area (Å²) in [5.41, 5.74) is 0. The molecular weight excluding hydrogens is 519 g/mol. The van der Waals surface area contributed by atoms with E-state index < -0.39 is 48.3 Å². The molecule has 0 radical (unpaired) electrons. The normalized spacial score (nSPS) is 11.3. The van der Waals surface area contributed by atoms with Gasteiger partial charge in [-0.3, -0.25) is 0 Å². The van der Waals surface area contributed by atoms with Crippen LogP contribution in [0.2, 0.25) is 0 Å². The minimum Gasteiger partial charge on any atom is -0.848 e. The number of hydrogen-bond acceptors (Lipinski definition) is 12. The molecule has 0 amide bonds. The molecule has 12 nitrogen and oxygen atoms in total. The number of carbonyl (C=O) groups is 4. The van der Waals surface area contributed by atoms with Crippen molar-refractivity contribution in [3.63, 3.8) is 0 Å². The minimum atomic E-state index is -1.59. The maximum Gasteiger partial charge on any atom is 4.00 e. The van der Waals surface area contributed by atoms with Gasteiger partial charge in [-0.1, -0.05) is 52.1 Å². The summed E-state index contributed by atoms with van der Waals surface area (Å²) in [4.78, 5) is 37.1. The van der Waals surface area contributed by atoms with Crippen molar-refractivity contribution >= 4 is 23.9 Å². The molecule has 0 aromatic heterocycles. The van der Waals surface area contributed by atoms with E-state index in [-0.39, 0.29) is 144 Å². The topological polar surface area (TPSA) is 253 Å². The molecule has 0 aromatic rings. The third-order valence-electron chi connectivity index (χ3n) is 1.33. The van der Waals surface area contributed by atoms with E-state index in [1.807, 2.05) is 0 Å². The number of carboxylic acid groups (broad SMARTS) is 4. The molecule has 0 rings (SSSR count). The van der Waals surface area contributed by atoms with Crippen LogP contribution in [-0.4, -0.2) is 48.3 Å². The average Bonchev–Trinajstić information content (AvgIpc) is 2.40. The fourth-order valence-electron chi connectivity index (χ4n) is 0. The minimum absolute atomic E-state index is 0. The number of carbonyl (C=O) groups excluding carboxylic acids is 4. The van der Waals surface area contributed by atoms with Crippen LogP contribution in [0.3, 0.4) is 0 Å². The van der Waals surface area contributed by atoms with Crippen molar-refractivity contribution in [2.75, 3.05) is 0 Å². The third-order valence-corrected chi connectivity index (χ3v) is 1.33. The molecule has 4 atom stereocenters. The molecule has 144 valence electrons.